The average molecular weight is 228 g/mol. The van der Waals surface area contributed by atoms with E-state index in [1.807, 2.05) is 6.08 Å². The molecule has 0 aliphatic heterocycles. The molecule has 0 heterocycles. The Morgan fingerprint density at radius 2 is 1.75 bits per heavy atom. The molecule has 16 heavy (non-hydrogen) atoms. The number of aliphatic hydroxyl groups excluding tert-OH is 1. The summed E-state index contributed by atoms with van der Waals surface area (Å²) in [4.78, 5) is 0. The molecule has 96 valence electrons. The van der Waals surface area contributed by atoms with Gasteiger partial charge in [-0.2, -0.15) is 0 Å². The molecule has 0 radical (unpaired) electrons. The second-order valence-corrected chi connectivity index (χ2v) is 4.30. The summed E-state index contributed by atoms with van der Waals surface area (Å²) in [5, 5.41) is 8.62. The van der Waals surface area contributed by atoms with Crippen molar-refractivity contribution in [3.63, 3.8) is 0 Å². The summed E-state index contributed by atoms with van der Waals surface area (Å²) in [7, 11) is 1.77. The molecule has 2 heteroatoms. The predicted octanol–water partition coefficient (Wildman–Crippen LogP) is 3.69. The van der Waals surface area contributed by atoms with E-state index in [1.54, 1.807) is 13.2 Å². The molecule has 1 atom stereocenters. The molecule has 0 amide bonds. The molecule has 0 saturated heterocycles. The third-order valence-corrected chi connectivity index (χ3v) is 2.88. The van der Waals surface area contributed by atoms with E-state index in [0.717, 1.165) is 12.8 Å². The fraction of sp³-hybridized carbons (Fsp3) is 0.857. The van der Waals surface area contributed by atoms with Crippen LogP contribution < -0.4 is 0 Å². The fourth-order valence-corrected chi connectivity index (χ4v) is 1.81. The minimum Gasteiger partial charge on any atom is -0.392 e. The zero-order valence-electron chi connectivity index (χ0n) is 11.0. The molecule has 0 fully saturated rings. The molecule has 0 rings (SSSR count). The number of unbranched alkanes of at least 4 members (excludes halogenated alkanes) is 5. The summed E-state index contributed by atoms with van der Waals surface area (Å²) in [6.45, 7) is 2.38. The summed E-state index contributed by atoms with van der Waals surface area (Å²) in [6, 6.07) is 0. The van der Waals surface area contributed by atoms with Crippen LogP contribution in [0, 0.1) is 0 Å². The Labute approximate surface area is 101 Å². The number of rotatable bonds is 11. The third kappa shape index (κ3) is 10.2. The molecule has 0 aliphatic carbocycles. The van der Waals surface area contributed by atoms with E-state index in [9.17, 15) is 0 Å². The van der Waals surface area contributed by atoms with Crippen molar-refractivity contribution in [2.24, 2.45) is 0 Å². The number of methoxy groups -OCH3 is 1. The number of hydrogen-bond donors (Lipinski definition) is 1. The largest absolute Gasteiger partial charge is 0.392 e. The van der Waals surface area contributed by atoms with E-state index in [4.69, 9.17) is 9.84 Å². The van der Waals surface area contributed by atoms with Crippen molar-refractivity contribution >= 4 is 0 Å². The summed E-state index contributed by atoms with van der Waals surface area (Å²) in [5.41, 5.74) is 0. The van der Waals surface area contributed by atoms with E-state index in [1.165, 1.54) is 38.5 Å². The van der Waals surface area contributed by atoms with Crippen LogP contribution in [0.25, 0.3) is 0 Å². The van der Waals surface area contributed by atoms with E-state index in [2.05, 4.69) is 6.92 Å². The Hall–Kier alpha value is -0.340. The molecule has 0 aromatic carbocycles. The van der Waals surface area contributed by atoms with Crippen LogP contribution in [-0.4, -0.2) is 24.9 Å². The van der Waals surface area contributed by atoms with Gasteiger partial charge in [-0.15, -0.1) is 0 Å². The van der Waals surface area contributed by atoms with Crippen molar-refractivity contribution in [1.82, 2.24) is 0 Å². The zero-order valence-corrected chi connectivity index (χ0v) is 11.0. The molecule has 0 spiro atoms. The normalized spacial score (nSPS) is 13.4. The maximum absolute atomic E-state index is 8.62. The molecule has 0 saturated carbocycles. The number of ether oxygens (including phenoxy) is 1. The predicted molar refractivity (Wildman–Crippen MR) is 69.6 cm³/mol. The van der Waals surface area contributed by atoms with Gasteiger partial charge in [0.1, 0.15) is 0 Å². The van der Waals surface area contributed by atoms with E-state index >= 15 is 0 Å². The van der Waals surface area contributed by atoms with Gasteiger partial charge in [-0.1, -0.05) is 57.6 Å². The first kappa shape index (κ1) is 15.7. The summed E-state index contributed by atoms with van der Waals surface area (Å²) >= 11 is 0. The Morgan fingerprint density at radius 1 is 1.06 bits per heavy atom. The molecule has 0 aromatic heterocycles. The van der Waals surface area contributed by atoms with Crippen LogP contribution in [0.3, 0.4) is 0 Å². The standard InChI is InChI=1S/C14H28O2/c1-3-4-5-6-7-8-11-14(16-2)12-9-10-13-15/h9-10,14-15H,3-8,11-13H2,1-2H3. The molecular formula is C14H28O2. The number of hydrogen-bond acceptors (Lipinski definition) is 2. The van der Waals surface area contributed by atoms with Crippen LogP contribution in [0.2, 0.25) is 0 Å². The van der Waals surface area contributed by atoms with Crippen LogP contribution in [0.1, 0.15) is 58.3 Å². The molecule has 1 unspecified atom stereocenters. The van der Waals surface area contributed by atoms with Gasteiger partial charge < -0.3 is 9.84 Å². The SMILES string of the molecule is CCCCCCCCC(CC=CCO)OC. The van der Waals surface area contributed by atoms with Gasteiger partial charge in [-0.05, 0) is 12.8 Å². The Bertz CT molecular complexity index is 155. The zero-order chi connectivity index (χ0) is 12.1. The van der Waals surface area contributed by atoms with Gasteiger partial charge in [0, 0.05) is 7.11 Å². The highest BCUT2D eigenvalue weighted by molar-refractivity contribution is 4.83. The van der Waals surface area contributed by atoms with Crippen LogP contribution in [0.15, 0.2) is 12.2 Å². The molecule has 0 aromatic rings. The Kier molecular flexibility index (Phi) is 12.5. The summed E-state index contributed by atoms with van der Waals surface area (Å²) < 4.78 is 5.39. The first-order chi connectivity index (χ1) is 7.85. The van der Waals surface area contributed by atoms with Gasteiger partial charge in [0.25, 0.3) is 0 Å². The highest BCUT2D eigenvalue weighted by Gasteiger charge is 2.04. The van der Waals surface area contributed by atoms with Crippen molar-refractivity contribution in [2.75, 3.05) is 13.7 Å². The lowest BCUT2D eigenvalue weighted by molar-refractivity contribution is 0.0951. The smallest absolute Gasteiger partial charge is 0.0612 e. The van der Waals surface area contributed by atoms with Crippen molar-refractivity contribution < 1.29 is 9.84 Å². The maximum Gasteiger partial charge on any atom is 0.0612 e. The average Bonchev–Trinajstić information content (AvgIpc) is 2.31. The topological polar surface area (TPSA) is 29.5 Å². The van der Waals surface area contributed by atoms with Crippen LogP contribution in [-0.2, 0) is 4.74 Å². The second-order valence-electron chi connectivity index (χ2n) is 4.30. The lowest BCUT2D eigenvalue weighted by atomic mass is 10.1. The van der Waals surface area contributed by atoms with Crippen LogP contribution >= 0.6 is 0 Å². The lowest BCUT2D eigenvalue weighted by Gasteiger charge is -2.12. The van der Waals surface area contributed by atoms with Crippen molar-refractivity contribution in [3.8, 4) is 0 Å². The highest BCUT2D eigenvalue weighted by Crippen LogP contribution is 2.12. The fourth-order valence-electron chi connectivity index (χ4n) is 1.81. The van der Waals surface area contributed by atoms with Gasteiger partial charge in [-0.3, -0.25) is 0 Å². The van der Waals surface area contributed by atoms with Crippen molar-refractivity contribution in [2.45, 2.75) is 64.4 Å². The molecule has 2 nitrogen and oxygen atoms in total. The van der Waals surface area contributed by atoms with Crippen LogP contribution in [0.4, 0.5) is 0 Å². The minimum absolute atomic E-state index is 0.132. The quantitative estimate of drug-likeness (QED) is 0.432. The lowest BCUT2D eigenvalue weighted by Crippen LogP contribution is -2.08. The van der Waals surface area contributed by atoms with Gasteiger partial charge >= 0.3 is 0 Å². The van der Waals surface area contributed by atoms with Gasteiger partial charge in [0.15, 0.2) is 0 Å². The molecule has 1 N–H and O–H groups in total. The molecule has 0 aliphatic rings. The van der Waals surface area contributed by atoms with Gasteiger partial charge in [-0.25, -0.2) is 0 Å². The van der Waals surface area contributed by atoms with Gasteiger partial charge in [0.05, 0.1) is 12.7 Å². The van der Waals surface area contributed by atoms with E-state index in [0.29, 0.717) is 6.10 Å². The first-order valence-electron chi connectivity index (χ1n) is 6.63. The maximum atomic E-state index is 8.62. The van der Waals surface area contributed by atoms with Gasteiger partial charge in [0.2, 0.25) is 0 Å². The number of aliphatic hydroxyl groups is 1. The Balaban J connectivity index is 3.36. The highest BCUT2D eigenvalue weighted by atomic mass is 16.5. The van der Waals surface area contributed by atoms with Crippen molar-refractivity contribution in [1.29, 1.82) is 0 Å². The summed E-state index contributed by atoms with van der Waals surface area (Å²) in [5.74, 6) is 0. The van der Waals surface area contributed by atoms with E-state index < -0.39 is 0 Å². The summed E-state index contributed by atoms with van der Waals surface area (Å²) in [6.07, 6.45) is 14.2. The van der Waals surface area contributed by atoms with E-state index in [-0.39, 0.29) is 6.61 Å². The third-order valence-electron chi connectivity index (χ3n) is 2.88. The van der Waals surface area contributed by atoms with Crippen LogP contribution in [0.5, 0.6) is 0 Å². The molecule has 0 bridgehead atoms. The monoisotopic (exact) mass is 228 g/mol. The molecular weight excluding hydrogens is 200 g/mol. The second kappa shape index (κ2) is 12.7. The minimum atomic E-state index is 0.132. The van der Waals surface area contributed by atoms with Crippen molar-refractivity contribution in [3.05, 3.63) is 12.2 Å². The first-order valence-corrected chi connectivity index (χ1v) is 6.63. The Morgan fingerprint density at radius 3 is 2.38 bits per heavy atom.